The topological polar surface area (TPSA) is 72.2 Å². The molecule has 0 saturated heterocycles. The Kier molecular flexibility index (Phi) is 7.42. The van der Waals surface area contributed by atoms with E-state index in [2.05, 4.69) is 69.5 Å². The molecule has 1 aliphatic rings. The highest BCUT2D eigenvalue weighted by Crippen LogP contribution is 2.31. The third kappa shape index (κ3) is 5.33. The molecule has 3 aromatic carbocycles. The molecule has 0 saturated carbocycles. The van der Waals surface area contributed by atoms with E-state index in [0.717, 1.165) is 46.3 Å². The number of fused-ring (bicyclic) bond motifs is 3. The number of rotatable bonds is 3. The Morgan fingerprint density at radius 1 is 0.971 bits per heavy atom. The fourth-order valence-corrected chi connectivity index (χ4v) is 4.27. The summed E-state index contributed by atoms with van der Waals surface area (Å²) in [6, 6.07) is 22.8. The molecule has 0 atom stereocenters. The van der Waals surface area contributed by atoms with Crippen LogP contribution >= 0.6 is 11.6 Å². The summed E-state index contributed by atoms with van der Waals surface area (Å²) in [5.41, 5.74) is 7.72. The largest absolute Gasteiger partial charge is 0.357 e. The molecule has 0 bridgehead atoms. The number of aromatic nitrogens is 3. The summed E-state index contributed by atoms with van der Waals surface area (Å²) in [6.07, 6.45) is 0. The van der Waals surface area contributed by atoms with Gasteiger partial charge >= 0.3 is 0 Å². The van der Waals surface area contributed by atoms with E-state index in [0.29, 0.717) is 11.6 Å². The zero-order valence-corrected chi connectivity index (χ0v) is 21.1. The molecule has 0 radical (unpaired) electrons. The number of benzene rings is 3. The first kappa shape index (κ1) is 24.4. The Morgan fingerprint density at radius 2 is 1.69 bits per heavy atom. The third-order valence-corrected chi connectivity index (χ3v) is 6.01. The molecular weight excluding hydrogens is 458 g/mol. The summed E-state index contributed by atoms with van der Waals surface area (Å²) >= 11 is 6.12. The van der Waals surface area contributed by atoms with Crippen molar-refractivity contribution in [2.24, 2.45) is 4.99 Å². The van der Waals surface area contributed by atoms with Gasteiger partial charge in [0, 0.05) is 29.6 Å². The van der Waals surface area contributed by atoms with Crippen LogP contribution in [0, 0.1) is 13.8 Å². The summed E-state index contributed by atoms with van der Waals surface area (Å²) in [4.78, 5) is 14.9. The molecular formula is C28H28ClN5O. The quantitative estimate of drug-likeness (QED) is 0.404. The van der Waals surface area contributed by atoms with E-state index in [9.17, 15) is 4.79 Å². The van der Waals surface area contributed by atoms with Crippen molar-refractivity contribution in [2.75, 3.05) is 6.54 Å². The molecule has 178 valence electrons. The Balaban J connectivity index is 0.000000431. The Hall–Kier alpha value is -3.77. The fourth-order valence-electron chi connectivity index (χ4n) is 4.15. The van der Waals surface area contributed by atoms with Gasteiger partial charge in [-0.1, -0.05) is 54.1 Å². The van der Waals surface area contributed by atoms with E-state index in [1.165, 1.54) is 18.1 Å². The summed E-state index contributed by atoms with van der Waals surface area (Å²) in [6.45, 7) is 8.72. The molecule has 35 heavy (non-hydrogen) atoms. The van der Waals surface area contributed by atoms with Crippen LogP contribution < -0.4 is 5.32 Å². The lowest BCUT2D eigenvalue weighted by Gasteiger charge is -2.15. The predicted molar refractivity (Wildman–Crippen MR) is 141 cm³/mol. The summed E-state index contributed by atoms with van der Waals surface area (Å²) < 4.78 is 2.10. The highest BCUT2D eigenvalue weighted by Gasteiger charge is 2.22. The lowest BCUT2D eigenvalue weighted by molar-refractivity contribution is -0.118. The average molecular weight is 486 g/mol. The first-order chi connectivity index (χ1) is 16.9. The molecule has 0 spiro atoms. The van der Waals surface area contributed by atoms with Gasteiger partial charge in [-0.3, -0.25) is 14.4 Å². The van der Waals surface area contributed by atoms with Crippen molar-refractivity contribution >= 4 is 23.2 Å². The van der Waals surface area contributed by atoms with Crippen molar-refractivity contribution in [1.82, 2.24) is 20.1 Å². The number of halogens is 1. The molecule has 5 rings (SSSR count). The maximum absolute atomic E-state index is 9.93. The molecule has 1 aliphatic heterocycles. The Bertz CT molecular complexity index is 1390. The standard InChI is InChI=1S/C24H19ClN4.C4H9NO/c1-15-5-3-4-6-20(15)18-9-12-22-21(13-18)24(17-7-10-19(25)11-8-17)26-14-23-28-27-16(2)29(22)23;1-3-5-4(2)6/h3-13H,14H2,1-2H3;3H2,1-2H3,(H,5,6). The molecule has 6 nitrogen and oxygen atoms in total. The highest BCUT2D eigenvalue weighted by molar-refractivity contribution is 6.30. The molecule has 7 heteroatoms. The van der Waals surface area contributed by atoms with E-state index in [1.54, 1.807) is 0 Å². The minimum atomic E-state index is 0.0394. The number of hydrogen-bond donors (Lipinski definition) is 1. The monoisotopic (exact) mass is 485 g/mol. The lowest BCUT2D eigenvalue weighted by atomic mass is 9.94. The van der Waals surface area contributed by atoms with Crippen LogP contribution in [0.3, 0.4) is 0 Å². The smallest absolute Gasteiger partial charge is 0.216 e. The van der Waals surface area contributed by atoms with Crippen LogP contribution in [-0.2, 0) is 11.3 Å². The van der Waals surface area contributed by atoms with Gasteiger partial charge in [0.05, 0.1) is 11.4 Å². The number of nitrogens with one attached hydrogen (secondary N) is 1. The molecule has 1 aromatic heterocycles. The second-order valence-corrected chi connectivity index (χ2v) is 8.74. The summed E-state index contributed by atoms with van der Waals surface area (Å²) in [5.74, 6) is 1.74. The molecule has 0 unspecified atom stereocenters. The number of nitrogens with zero attached hydrogens (tertiary/aromatic N) is 4. The molecule has 0 fully saturated rings. The van der Waals surface area contributed by atoms with Crippen molar-refractivity contribution in [3.63, 3.8) is 0 Å². The molecule has 0 aliphatic carbocycles. The van der Waals surface area contributed by atoms with Gasteiger partial charge in [0.25, 0.3) is 0 Å². The van der Waals surface area contributed by atoms with E-state index < -0.39 is 0 Å². The van der Waals surface area contributed by atoms with Crippen LogP contribution in [0.1, 0.15) is 42.2 Å². The van der Waals surface area contributed by atoms with Crippen LogP contribution in [0.5, 0.6) is 0 Å². The molecule has 4 aromatic rings. The van der Waals surface area contributed by atoms with Crippen molar-refractivity contribution in [2.45, 2.75) is 34.2 Å². The molecule has 1 N–H and O–H groups in total. The number of carbonyl (C=O) groups is 1. The average Bonchev–Trinajstić information content (AvgIpc) is 3.12. The normalized spacial score (nSPS) is 11.9. The number of aliphatic imine (C=N–C) groups is 1. The van der Waals surface area contributed by atoms with Gasteiger partial charge < -0.3 is 5.32 Å². The van der Waals surface area contributed by atoms with Crippen molar-refractivity contribution < 1.29 is 4.79 Å². The van der Waals surface area contributed by atoms with E-state index in [-0.39, 0.29) is 5.91 Å². The van der Waals surface area contributed by atoms with Gasteiger partial charge in [0.1, 0.15) is 12.4 Å². The van der Waals surface area contributed by atoms with Crippen LogP contribution in [0.4, 0.5) is 0 Å². The Labute approximate surface area is 210 Å². The van der Waals surface area contributed by atoms with E-state index >= 15 is 0 Å². The second kappa shape index (κ2) is 10.7. The van der Waals surface area contributed by atoms with Crippen LogP contribution in [-0.4, -0.2) is 32.9 Å². The van der Waals surface area contributed by atoms with Gasteiger partial charge in [0.2, 0.25) is 5.91 Å². The molecule has 2 heterocycles. The summed E-state index contributed by atoms with van der Waals surface area (Å²) in [5, 5.41) is 11.9. The first-order valence-electron chi connectivity index (χ1n) is 11.6. The van der Waals surface area contributed by atoms with Crippen molar-refractivity contribution in [3.8, 4) is 16.8 Å². The lowest BCUT2D eigenvalue weighted by Crippen LogP contribution is -2.18. The van der Waals surface area contributed by atoms with Crippen molar-refractivity contribution in [3.05, 3.63) is 100 Å². The van der Waals surface area contributed by atoms with Gasteiger partial charge in [-0.15, -0.1) is 10.2 Å². The number of carbonyl (C=O) groups excluding carboxylic acids is 1. The van der Waals surface area contributed by atoms with Crippen molar-refractivity contribution in [1.29, 1.82) is 0 Å². The van der Waals surface area contributed by atoms with Crippen LogP contribution in [0.2, 0.25) is 5.02 Å². The Morgan fingerprint density at radius 3 is 2.34 bits per heavy atom. The van der Waals surface area contributed by atoms with Crippen LogP contribution in [0.15, 0.2) is 71.7 Å². The van der Waals surface area contributed by atoms with E-state index in [1.807, 2.05) is 38.1 Å². The van der Waals surface area contributed by atoms with Gasteiger partial charge in [0.15, 0.2) is 5.82 Å². The maximum atomic E-state index is 9.93. The predicted octanol–water partition coefficient (Wildman–Crippen LogP) is 5.70. The summed E-state index contributed by atoms with van der Waals surface area (Å²) in [7, 11) is 0. The number of aryl methyl sites for hydroxylation is 2. The van der Waals surface area contributed by atoms with Crippen LogP contribution in [0.25, 0.3) is 16.8 Å². The highest BCUT2D eigenvalue weighted by atomic mass is 35.5. The second-order valence-electron chi connectivity index (χ2n) is 8.30. The zero-order valence-electron chi connectivity index (χ0n) is 20.3. The minimum Gasteiger partial charge on any atom is -0.357 e. The fraction of sp³-hybridized carbons (Fsp3) is 0.214. The molecule has 1 amide bonds. The van der Waals surface area contributed by atoms with Gasteiger partial charge in [-0.25, -0.2) is 0 Å². The third-order valence-electron chi connectivity index (χ3n) is 5.76. The number of amides is 1. The SMILES string of the molecule is CCNC(C)=O.Cc1ccccc1-c1ccc2c(c1)C(c1ccc(Cl)cc1)=NCc1nnc(C)n1-2. The zero-order chi connectivity index (χ0) is 24.9. The first-order valence-corrected chi connectivity index (χ1v) is 11.9. The van der Waals surface area contributed by atoms with Gasteiger partial charge in [-0.05, 0) is 61.7 Å². The minimum absolute atomic E-state index is 0.0394. The maximum Gasteiger partial charge on any atom is 0.216 e. The van der Waals surface area contributed by atoms with E-state index in [4.69, 9.17) is 16.6 Å². The number of hydrogen-bond acceptors (Lipinski definition) is 4. The van der Waals surface area contributed by atoms with Gasteiger partial charge in [-0.2, -0.15) is 0 Å².